The number of aliphatic hydroxyl groups excluding tert-OH is 1. The van der Waals surface area contributed by atoms with Crippen LogP contribution in [0.3, 0.4) is 0 Å². The number of azide groups is 1. The lowest BCUT2D eigenvalue weighted by Crippen LogP contribution is -2.42. The molecule has 0 aromatic rings. The van der Waals surface area contributed by atoms with E-state index in [1.807, 2.05) is 34.6 Å². The predicted molar refractivity (Wildman–Crippen MR) is 498 cm³/mol. The molecule has 2 rings (SSSR count). The van der Waals surface area contributed by atoms with Gasteiger partial charge in [-0.25, -0.2) is 19.4 Å². The summed E-state index contributed by atoms with van der Waals surface area (Å²) in [6, 6.07) is -0.299. The van der Waals surface area contributed by atoms with Gasteiger partial charge in [0.1, 0.15) is 12.2 Å². The number of carboxylic acids is 2. The molecule has 2 aliphatic heterocycles. The number of cyclic esters (lactones) is 2. The van der Waals surface area contributed by atoms with Crippen molar-refractivity contribution in [1.82, 2.24) is 9.80 Å². The molecule has 0 aliphatic carbocycles. The zero-order chi connectivity index (χ0) is 90.7. The van der Waals surface area contributed by atoms with E-state index in [1.54, 1.807) is 0 Å². The molecule has 18 atom stereocenters. The van der Waals surface area contributed by atoms with Crippen molar-refractivity contribution in [1.29, 1.82) is 0 Å². The highest BCUT2D eigenvalue weighted by Crippen LogP contribution is 2.29. The van der Waals surface area contributed by atoms with Crippen molar-refractivity contribution in [3.63, 3.8) is 0 Å². The largest absolute Gasteiger partial charge is 0.481 e. The van der Waals surface area contributed by atoms with E-state index in [-0.39, 0.29) is 54.4 Å². The van der Waals surface area contributed by atoms with Crippen LogP contribution >= 0.6 is 0 Å². The van der Waals surface area contributed by atoms with Gasteiger partial charge in [0.05, 0.1) is 12.1 Å². The van der Waals surface area contributed by atoms with Gasteiger partial charge in [-0.05, 0) is 214 Å². The number of aliphatic hydroxyl groups is 1. The van der Waals surface area contributed by atoms with Crippen LogP contribution < -0.4 is 11.5 Å². The molecule has 2 fully saturated rings. The van der Waals surface area contributed by atoms with Crippen LogP contribution in [0.2, 0.25) is 0 Å². The van der Waals surface area contributed by atoms with Gasteiger partial charge in [0.15, 0.2) is 0 Å². The first-order chi connectivity index (χ1) is 54.8. The fourth-order valence-electron chi connectivity index (χ4n) is 15.5. The average molecular weight is 1650 g/mol. The number of allylic oxidation sites excluding steroid dienone is 2. The number of nitrogens with zero attached hydrogens (tertiary/aromatic N) is 5. The molecule has 18 nitrogen and oxygen atoms in total. The van der Waals surface area contributed by atoms with Gasteiger partial charge in [-0.2, -0.15) is 0 Å². The number of imide groups is 2. The molecule has 0 aromatic heterocycles. The lowest BCUT2D eigenvalue weighted by molar-refractivity contribution is -0.138. The molecule has 2 aliphatic rings. The summed E-state index contributed by atoms with van der Waals surface area (Å²) in [4.78, 5) is 73.6. The summed E-state index contributed by atoms with van der Waals surface area (Å²) in [6.45, 7) is 67.3. The average Bonchev–Trinajstić information content (AvgIpc) is 1.68. The second-order valence-electron chi connectivity index (χ2n) is 36.1. The van der Waals surface area contributed by atoms with Gasteiger partial charge in [0.2, 0.25) is 11.8 Å². The number of aliphatic carboxylic acids is 2. The number of carbonyl (C=O) groups excluding carboxylic acids is 4. The van der Waals surface area contributed by atoms with Crippen molar-refractivity contribution < 1.29 is 53.6 Å². The Morgan fingerprint density at radius 3 is 1.05 bits per heavy atom. The Hall–Kier alpha value is -4.25. The van der Waals surface area contributed by atoms with Gasteiger partial charge in [-0.15, -0.1) is 0 Å². The third-order valence-corrected chi connectivity index (χ3v) is 23.5. The van der Waals surface area contributed by atoms with Crippen LogP contribution in [0, 0.1) is 88.8 Å². The number of hydrogen-bond acceptors (Lipinski definition) is 12. The predicted octanol–water partition coefficient (Wildman–Crippen LogP) is 28.9. The highest BCUT2D eigenvalue weighted by Gasteiger charge is 2.43. The fourth-order valence-corrected chi connectivity index (χ4v) is 15.5. The second kappa shape index (κ2) is 84.4. The van der Waals surface area contributed by atoms with Gasteiger partial charge in [0.25, 0.3) is 0 Å². The fraction of sp³-hybridized carbons (Fsp3) is 0.918. The molecule has 4 amide bonds. The molecule has 0 radical (unpaired) electrons. The van der Waals surface area contributed by atoms with Crippen LogP contribution in [0.4, 0.5) is 9.59 Å². The number of rotatable bonds is 53. The molecule has 0 unspecified atom stereocenters. The Labute approximate surface area is 718 Å². The summed E-state index contributed by atoms with van der Waals surface area (Å²) in [7, 11) is 0. The topological polar surface area (TPSA) is 289 Å². The highest BCUT2D eigenvalue weighted by molar-refractivity contribution is 5.95. The Morgan fingerprint density at radius 2 is 0.750 bits per heavy atom. The Morgan fingerprint density at radius 1 is 0.431 bits per heavy atom. The summed E-state index contributed by atoms with van der Waals surface area (Å²) < 4.78 is 10.1. The maximum absolute atomic E-state index is 12.5. The molecule has 0 saturated carbocycles. The van der Waals surface area contributed by atoms with E-state index in [1.165, 1.54) is 137 Å². The molecule has 0 spiro atoms. The second-order valence-corrected chi connectivity index (χ2v) is 36.1. The molecule has 2 heterocycles. The zero-order valence-electron chi connectivity index (χ0n) is 82.0. The maximum atomic E-state index is 12.5. The zero-order valence-corrected chi connectivity index (χ0v) is 82.0. The number of carbonyl (C=O) groups is 6. The number of ether oxygens (including phenoxy) is 2. The van der Waals surface area contributed by atoms with Crippen LogP contribution in [0.25, 0.3) is 10.4 Å². The standard InChI is InChI=1S/C15H27NO3.C13H23NO3.C11H22.C11H24.C10H21N3.C10H21NO2.C10H23N.C10H22O.C8H16O2/c1-6-8-10(3)9-13(7-2)14(17)16-11(4)12(5)19-15(16)18;1-5-6-9(2)7-8-12(15)14-10(3)11(4)17-13(14)16;1-5-7-11(4)9-6-8-10(2)3;1-5-8-10(4)9-11(6-2)7-3;1-4-6-9(3)7-10(5-2)8-12-13-11;1-3-4-8(2)5-9(7-11)6-10(12)13;2*1-4-6-9(3)7-10(5-2)8-11;1-3-4-7(2)5-6-8(9)10/h10-13H,6-9H2,1-5H3;9-11H,5-8H2,1-4H3;8,11H,5-7,9H2,1-4H3;10-11H,5-9H2,1-4H3;9-10H,4-8H2,1-3H3;8-9H,3-7,11H2,1-2H3,(H,12,13);9-10H,4-8,11H2,1-3H3;9-11H,4-8H2,1-3H3;7H,3-6H2,1-2H3,(H,9,10)/t10-,11+,12-,13+;9-,10+,11-;11-;10-;9-,10+;8-,9-;2*9-,10+;7-/m000000000/s1. The van der Waals surface area contributed by atoms with Crippen LogP contribution in [0.15, 0.2) is 16.8 Å². The maximum Gasteiger partial charge on any atom is 0.417 e. The summed E-state index contributed by atoms with van der Waals surface area (Å²) >= 11 is 0. The quantitative estimate of drug-likeness (QED) is 0.0164. The molecular weight excluding hydrogens is 1450 g/mol. The van der Waals surface area contributed by atoms with Crippen LogP contribution in [-0.4, -0.2) is 112 Å². The Bertz CT molecular complexity index is 2270. The first kappa shape index (κ1) is 125. The molecular formula is C98H199N7O11. The van der Waals surface area contributed by atoms with E-state index in [2.05, 4.69) is 189 Å². The lowest BCUT2D eigenvalue weighted by Gasteiger charge is -2.24. The van der Waals surface area contributed by atoms with Crippen molar-refractivity contribution in [2.75, 3.05) is 26.2 Å². The third kappa shape index (κ3) is 73.7. The van der Waals surface area contributed by atoms with Crippen molar-refractivity contribution >= 4 is 35.9 Å². The summed E-state index contributed by atoms with van der Waals surface area (Å²) in [5.41, 5.74) is 20.8. The molecule has 18 heteroatoms. The first-order valence-electron chi connectivity index (χ1n) is 47.9. The van der Waals surface area contributed by atoms with Crippen molar-refractivity contribution in [3.05, 3.63) is 22.1 Å². The molecule has 7 N–H and O–H groups in total. The van der Waals surface area contributed by atoms with Gasteiger partial charge < -0.3 is 36.3 Å². The normalized spacial score (nSPS) is 18.2. The minimum Gasteiger partial charge on any atom is -0.481 e. The SMILES string of the molecule is CCC[C@H](C)CC(CC)CC.CCC[C@H](C)CCC(=O)N1C(=O)O[C@@H](C)[C@H]1C.CCC[C@H](C)CCC(=O)O.CCC[C@H](C)CCC=C(C)C.CCC[C@H](C)C[C@@H](CC)C(=O)N1C(=O)O[C@@H](C)[C@H]1C.CCC[C@H](C)C[C@@H](CC)CN.CCC[C@H](C)C[C@@H](CC)CN=[N+]=[N-].CCC[C@H](C)C[C@@H](CC)CO.CCC[C@H](C)C[C@H](CN)CC(=O)O. The minimum absolute atomic E-state index is 0.0627. The first-order valence-corrected chi connectivity index (χ1v) is 47.9. The number of nitrogens with two attached hydrogens (primary N) is 2. The monoisotopic (exact) mass is 1650 g/mol. The van der Waals surface area contributed by atoms with Gasteiger partial charge in [-0.1, -0.05) is 331 Å². The summed E-state index contributed by atoms with van der Waals surface area (Å²) in [6.07, 6.45) is 42.6. The molecule has 692 valence electrons. The van der Waals surface area contributed by atoms with E-state index < -0.39 is 24.1 Å². The van der Waals surface area contributed by atoms with Gasteiger partial charge in [-0.3, -0.25) is 19.2 Å². The van der Waals surface area contributed by atoms with Crippen LogP contribution in [0.1, 0.15) is 445 Å². The third-order valence-electron chi connectivity index (χ3n) is 23.5. The van der Waals surface area contributed by atoms with E-state index in [0.717, 1.165) is 144 Å². The lowest BCUT2D eigenvalue weighted by atomic mass is 9.89. The molecule has 2 saturated heterocycles. The summed E-state index contributed by atoms with van der Waals surface area (Å²) in [5.74, 6) is 7.88. The number of hydrogen-bond donors (Lipinski definition) is 5. The van der Waals surface area contributed by atoms with E-state index in [9.17, 15) is 28.8 Å². The summed E-state index contributed by atoms with van der Waals surface area (Å²) in [5, 5.41) is 29.5. The minimum atomic E-state index is -0.737. The smallest absolute Gasteiger partial charge is 0.417 e. The molecule has 116 heavy (non-hydrogen) atoms. The number of amides is 4. The Balaban J connectivity index is -0.000000232. The molecule has 0 aromatic carbocycles. The number of carboxylic acid groups (broad SMARTS) is 2. The highest BCUT2D eigenvalue weighted by atomic mass is 16.6. The van der Waals surface area contributed by atoms with Gasteiger partial charge >= 0.3 is 24.1 Å². The van der Waals surface area contributed by atoms with Crippen molar-refractivity contribution in [2.45, 2.75) is 470 Å². The van der Waals surface area contributed by atoms with Crippen LogP contribution in [-0.2, 0) is 28.7 Å². The van der Waals surface area contributed by atoms with Crippen LogP contribution in [0.5, 0.6) is 0 Å². The Kier molecular flexibility index (Phi) is 90.8. The van der Waals surface area contributed by atoms with E-state index in [0.29, 0.717) is 68.0 Å². The van der Waals surface area contributed by atoms with Crippen molar-refractivity contribution in [2.24, 2.45) is 105 Å². The van der Waals surface area contributed by atoms with Crippen molar-refractivity contribution in [3.8, 4) is 0 Å². The molecule has 0 bridgehead atoms. The van der Waals surface area contributed by atoms with Gasteiger partial charge in [0, 0.05) is 43.2 Å². The van der Waals surface area contributed by atoms with E-state index in [4.69, 9.17) is 41.8 Å². The van der Waals surface area contributed by atoms with E-state index >= 15 is 0 Å².